The number of aryl methyl sites for hydroxylation is 1. The van der Waals surface area contributed by atoms with E-state index in [1.54, 1.807) is 4.90 Å². The maximum absolute atomic E-state index is 12.4. The average Bonchev–Trinajstić information content (AvgIpc) is 2.78. The van der Waals surface area contributed by atoms with E-state index in [0.717, 1.165) is 15.0 Å². The molecule has 4 heteroatoms. The van der Waals surface area contributed by atoms with Crippen LogP contribution in [0.25, 0.3) is 0 Å². The van der Waals surface area contributed by atoms with E-state index in [0.29, 0.717) is 6.54 Å². The first-order valence-electron chi connectivity index (χ1n) is 5.75. The van der Waals surface area contributed by atoms with Crippen molar-refractivity contribution in [2.45, 2.75) is 13.8 Å². The molecule has 0 unspecified atom stereocenters. The molecule has 94 valence electrons. The van der Waals surface area contributed by atoms with Crippen molar-refractivity contribution in [3.8, 4) is 0 Å². The summed E-state index contributed by atoms with van der Waals surface area (Å²) in [7, 11) is 0. The van der Waals surface area contributed by atoms with E-state index in [1.807, 2.05) is 49.6 Å². The third kappa shape index (κ3) is 2.65. The summed E-state index contributed by atoms with van der Waals surface area (Å²) in [5, 5.41) is 1.92. The van der Waals surface area contributed by atoms with Crippen LogP contribution in [0.2, 0.25) is 0 Å². The summed E-state index contributed by atoms with van der Waals surface area (Å²) in [6.07, 6.45) is 0. The van der Waals surface area contributed by atoms with Crippen LogP contribution in [-0.4, -0.2) is 12.5 Å². The van der Waals surface area contributed by atoms with Crippen LogP contribution in [0.1, 0.15) is 22.2 Å². The molecular weight excluding hydrogens is 310 g/mol. The van der Waals surface area contributed by atoms with Gasteiger partial charge in [0.15, 0.2) is 0 Å². The Balaban J connectivity index is 2.32. The molecule has 2 nitrogen and oxygen atoms in total. The molecule has 0 N–H and O–H groups in total. The highest BCUT2D eigenvalue weighted by Crippen LogP contribution is 2.26. The fraction of sp³-hybridized carbons (Fsp3) is 0.214. The molecule has 0 spiro atoms. The van der Waals surface area contributed by atoms with Crippen molar-refractivity contribution < 1.29 is 4.79 Å². The topological polar surface area (TPSA) is 20.3 Å². The van der Waals surface area contributed by atoms with Gasteiger partial charge in [0, 0.05) is 16.7 Å². The fourth-order valence-electron chi connectivity index (χ4n) is 1.74. The molecule has 18 heavy (non-hydrogen) atoms. The minimum Gasteiger partial charge on any atom is -0.308 e. The molecular formula is C14H14BrNOS. The summed E-state index contributed by atoms with van der Waals surface area (Å²) in [4.78, 5) is 15.0. The number of carbonyl (C=O) groups is 1. The van der Waals surface area contributed by atoms with E-state index in [2.05, 4.69) is 15.9 Å². The summed E-state index contributed by atoms with van der Waals surface area (Å²) in [6.45, 7) is 4.68. The summed E-state index contributed by atoms with van der Waals surface area (Å²) >= 11 is 4.87. The number of amides is 1. The second kappa shape index (κ2) is 5.67. The van der Waals surface area contributed by atoms with Crippen molar-refractivity contribution >= 4 is 38.9 Å². The number of carbonyl (C=O) groups excluding carboxylic acids is 1. The smallest absolute Gasteiger partial charge is 0.269 e. The predicted molar refractivity (Wildman–Crippen MR) is 80.5 cm³/mol. The minimum absolute atomic E-state index is 0.0447. The number of hydrogen-bond donors (Lipinski definition) is 0. The predicted octanol–water partition coefficient (Wildman–Crippen LogP) is 4.49. The Morgan fingerprint density at radius 2 is 1.94 bits per heavy atom. The molecule has 1 heterocycles. The molecule has 0 saturated heterocycles. The second-order valence-electron chi connectivity index (χ2n) is 3.98. The average molecular weight is 324 g/mol. The lowest BCUT2D eigenvalue weighted by Crippen LogP contribution is -2.30. The Kier molecular flexibility index (Phi) is 4.19. The molecule has 0 aliphatic rings. The zero-order chi connectivity index (χ0) is 13.1. The van der Waals surface area contributed by atoms with Crippen molar-refractivity contribution in [2.75, 3.05) is 11.4 Å². The number of benzene rings is 1. The van der Waals surface area contributed by atoms with E-state index < -0.39 is 0 Å². The Bertz CT molecular complexity index is 547. The monoisotopic (exact) mass is 323 g/mol. The molecule has 1 amide bonds. The van der Waals surface area contributed by atoms with Crippen LogP contribution in [0, 0.1) is 6.92 Å². The van der Waals surface area contributed by atoms with E-state index in [-0.39, 0.29) is 5.91 Å². The van der Waals surface area contributed by atoms with Gasteiger partial charge in [0.25, 0.3) is 5.91 Å². The van der Waals surface area contributed by atoms with Gasteiger partial charge in [-0.3, -0.25) is 4.79 Å². The van der Waals surface area contributed by atoms with Crippen molar-refractivity contribution in [1.82, 2.24) is 0 Å². The highest BCUT2D eigenvalue weighted by molar-refractivity contribution is 9.10. The molecule has 0 atom stereocenters. The first kappa shape index (κ1) is 13.3. The molecule has 0 radical (unpaired) electrons. The van der Waals surface area contributed by atoms with Crippen molar-refractivity contribution in [3.63, 3.8) is 0 Å². The van der Waals surface area contributed by atoms with E-state index in [9.17, 15) is 4.79 Å². The van der Waals surface area contributed by atoms with Crippen LogP contribution in [0.4, 0.5) is 5.69 Å². The van der Waals surface area contributed by atoms with Crippen LogP contribution in [0.15, 0.2) is 40.2 Å². The molecule has 0 fully saturated rings. The summed E-state index contributed by atoms with van der Waals surface area (Å²) in [5.41, 5.74) is 2.13. The van der Waals surface area contributed by atoms with Gasteiger partial charge in [0.1, 0.15) is 4.88 Å². The zero-order valence-corrected chi connectivity index (χ0v) is 12.7. The van der Waals surface area contributed by atoms with Crippen LogP contribution in [0.5, 0.6) is 0 Å². The zero-order valence-electron chi connectivity index (χ0n) is 10.3. The lowest BCUT2D eigenvalue weighted by Gasteiger charge is -2.20. The SMILES string of the molecule is CCN(C(=O)c1sccc1Br)c1ccc(C)cc1. The van der Waals surface area contributed by atoms with Crippen LogP contribution >= 0.6 is 27.3 Å². The number of rotatable bonds is 3. The molecule has 1 aromatic heterocycles. The number of nitrogens with zero attached hydrogens (tertiary/aromatic N) is 1. The molecule has 0 saturated carbocycles. The summed E-state index contributed by atoms with van der Waals surface area (Å²) in [6, 6.07) is 9.92. The molecule has 0 bridgehead atoms. The molecule has 2 aromatic rings. The summed E-state index contributed by atoms with van der Waals surface area (Å²) in [5.74, 6) is 0.0447. The molecule has 1 aromatic carbocycles. The third-order valence-electron chi connectivity index (χ3n) is 2.72. The van der Waals surface area contributed by atoms with Gasteiger partial charge in [0.05, 0.1) is 0 Å². The number of hydrogen-bond acceptors (Lipinski definition) is 2. The second-order valence-corrected chi connectivity index (χ2v) is 5.75. The van der Waals surface area contributed by atoms with Gasteiger partial charge >= 0.3 is 0 Å². The van der Waals surface area contributed by atoms with E-state index in [1.165, 1.54) is 16.9 Å². The fourth-order valence-corrected chi connectivity index (χ4v) is 3.23. The van der Waals surface area contributed by atoms with Gasteiger partial charge in [-0.15, -0.1) is 11.3 Å². The number of thiophene rings is 1. The van der Waals surface area contributed by atoms with Crippen LogP contribution in [0.3, 0.4) is 0 Å². The highest BCUT2D eigenvalue weighted by atomic mass is 79.9. The molecule has 0 aliphatic carbocycles. The number of halogens is 1. The van der Waals surface area contributed by atoms with Gasteiger partial charge in [-0.2, -0.15) is 0 Å². The lowest BCUT2D eigenvalue weighted by atomic mass is 10.2. The van der Waals surface area contributed by atoms with Gasteiger partial charge in [-0.05, 0) is 53.4 Å². The van der Waals surface area contributed by atoms with Crippen molar-refractivity contribution in [2.24, 2.45) is 0 Å². The largest absolute Gasteiger partial charge is 0.308 e. The standard InChI is InChI=1S/C14H14BrNOS/c1-3-16(11-6-4-10(2)5-7-11)14(17)13-12(15)8-9-18-13/h4-9H,3H2,1-2H3. The quantitative estimate of drug-likeness (QED) is 0.815. The maximum Gasteiger partial charge on any atom is 0.269 e. The van der Waals surface area contributed by atoms with Crippen molar-refractivity contribution in [3.05, 3.63) is 50.6 Å². The van der Waals surface area contributed by atoms with Gasteiger partial charge < -0.3 is 4.90 Å². The minimum atomic E-state index is 0.0447. The summed E-state index contributed by atoms with van der Waals surface area (Å²) < 4.78 is 0.864. The molecule has 2 rings (SSSR count). The third-order valence-corrected chi connectivity index (χ3v) is 4.54. The van der Waals surface area contributed by atoms with Gasteiger partial charge in [-0.1, -0.05) is 17.7 Å². The Morgan fingerprint density at radius 1 is 1.28 bits per heavy atom. The first-order chi connectivity index (χ1) is 8.63. The Labute approximate surface area is 119 Å². The highest BCUT2D eigenvalue weighted by Gasteiger charge is 2.19. The van der Waals surface area contributed by atoms with Crippen molar-refractivity contribution in [1.29, 1.82) is 0 Å². The molecule has 0 aliphatic heterocycles. The van der Waals surface area contributed by atoms with Gasteiger partial charge in [-0.25, -0.2) is 0 Å². The van der Waals surface area contributed by atoms with Crippen LogP contribution in [-0.2, 0) is 0 Å². The van der Waals surface area contributed by atoms with Crippen LogP contribution < -0.4 is 4.90 Å². The van der Waals surface area contributed by atoms with E-state index in [4.69, 9.17) is 0 Å². The number of anilines is 1. The lowest BCUT2D eigenvalue weighted by molar-refractivity contribution is 0.0991. The first-order valence-corrected chi connectivity index (χ1v) is 7.42. The van der Waals surface area contributed by atoms with Gasteiger partial charge in [0.2, 0.25) is 0 Å². The van der Waals surface area contributed by atoms with E-state index >= 15 is 0 Å². The Hall–Kier alpha value is -1.13. The Morgan fingerprint density at radius 3 is 2.44 bits per heavy atom. The normalized spacial score (nSPS) is 10.4. The maximum atomic E-state index is 12.4.